The number of aromatic nitrogens is 3. The monoisotopic (exact) mass is 296 g/mol. The number of hydrogen-bond donors (Lipinski definition) is 1. The molecule has 0 spiro atoms. The Kier molecular flexibility index (Phi) is 4.72. The van der Waals surface area contributed by atoms with Crippen LogP contribution in [0.1, 0.15) is 23.4 Å². The van der Waals surface area contributed by atoms with Crippen LogP contribution in [0.2, 0.25) is 0 Å². The Morgan fingerprint density at radius 1 is 1.14 bits per heavy atom. The Morgan fingerprint density at radius 2 is 1.95 bits per heavy atom. The first-order chi connectivity index (χ1) is 9.92. The summed E-state index contributed by atoms with van der Waals surface area (Å²) in [6.45, 7) is 2.33. The van der Waals surface area contributed by atoms with Crippen molar-refractivity contribution in [2.75, 3.05) is 5.32 Å². The van der Waals surface area contributed by atoms with E-state index in [9.17, 15) is 13.2 Å². The van der Waals surface area contributed by atoms with Crippen molar-refractivity contribution in [3.05, 3.63) is 47.7 Å². The maximum Gasteiger partial charge on any atom is 0.389 e. The molecule has 0 aliphatic heterocycles. The molecular weight excluding hydrogens is 281 g/mol. The molecule has 0 aromatic carbocycles. The van der Waals surface area contributed by atoms with Crippen LogP contribution >= 0.6 is 0 Å². The summed E-state index contributed by atoms with van der Waals surface area (Å²) in [5.41, 5.74) is 2.11. The van der Waals surface area contributed by atoms with E-state index in [1.165, 1.54) is 0 Å². The van der Waals surface area contributed by atoms with Crippen molar-refractivity contribution >= 4 is 5.82 Å². The quantitative estimate of drug-likeness (QED) is 0.920. The van der Waals surface area contributed by atoms with Gasteiger partial charge in [-0.15, -0.1) is 0 Å². The van der Waals surface area contributed by atoms with Gasteiger partial charge in [0.25, 0.3) is 0 Å². The van der Waals surface area contributed by atoms with Gasteiger partial charge in [-0.25, -0.2) is 4.98 Å². The summed E-state index contributed by atoms with van der Waals surface area (Å²) in [5, 5.41) is 3.08. The molecule has 4 nitrogen and oxygen atoms in total. The number of aryl methyl sites for hydroxylation is 2. The molecular formula is C14H15F3N4. The van der Waals surface area contributed by atoms with Crippen LogP contribution in [0.5, 0.6) is 0 Å². The third-order valence-electron chi connectivity index (χ3n) is 2.78. The Labute approximate surface area is 120 Å². The number of nitrogens with one attached hydrogen (secondary N) is 1. The molecule has 0 amide bonds. The number of nitrogens with zero attached hydrogens (tertiary/aromatic N) is 3. The van der Waals surface area contributed by atoms with Crippen molar-refractivity contribution < 1.29 is 13.2 Å². The first-order valence-electron chi connectivity index (χ1n) is 6.45. The molecule has 0 radical (unpaired) electrons. The molecule has 0 aliphatic rings. The normalized spacial score (nSPS) is 11.4. The summed E-state index contributed by atoms with van der Waals surface area (Å²) in [6.07, 6.45) is -0.259. The van der Waals surface area contributed by atoms with Gasteiger partial charge in [0.15, 0.2) is 0 Å². The van der Waals surface area contributed by atoms with Crippen LogP contribution < -0.4 is 5.32 Å². The number of pyridine rings is 1. The van der Waals surface area contributed by atoms with E-state index >= 15 is 0 Å². The lowest BCUT2D eigenvalue weighted by Crippen LogP contribution is -2.09. The third-order valence-corrected chi connectivity index (χ3v) is 2.78. The molecule has 2 aromatic rings. The van der Waals surface area contributed by atoms with Crippen molar-refractivity contribution in [3.63, 3.8) is 0 Å². The predicted molar refractivity (Wildman–Crippen MR) is 72.7 cm³/mol. The minimum absolute atomic E-state index is 0.0967. The van der Waals surface area contributed by atoms with E-state index in [1.54, 1.807) is 30.7 Å². The lowest BCUT2D eigenvalue weighted by Gasteiger charge is -2.07. The van der Waals surface area contributed by atoms with E-state index in [-0.39, 0.29) is 6.42 Å². The lowest BCUT2D eigenvalue weighted by atomic mass is 10.2. The number of alkyl halides is 3. The van der Waals surface area contributed by atoms with Crippen molar-refractivity contribution in [1.29, 1.82) is 0 Å². The maximum atomic E-state index is 12.1. The first-order valence-corrected chi connectivity index (χ1v) is 6.45. The van der Waals surface area contributed by atoms with Crippen LogP contribution in [0.4, 0.5) is 19.0 Å². The van der Waals surface area contributed by atoms with Crippen LogP contribution in [0.3, 0.4) is 0 Å². The van der Waals surface area contributed by atoms with Crippen molar-refractivity contribution in [1.82, 2.24) is 15.0 Å². The highest BCUT2D eigenvalue weighted by Gasteiger charge is 2.26. The minimum Gasteiger partial charge on any atom is -0.365 e. The standard InChI is InChI=1S/C14H15F3N4/c1-10-6-18-9-13(21-10)20-8-11-2-3-12(19-7-11)4-5-14(15,16)17/h2-3,6-7,9H,4-5,8H2,1H3,(H,20,21). The molecule has 0 atom stereocenters. The van der Waals surface area contributed by atoms with E-state index in [2.05, 4.69) is 20.3 Å². The number of halogens is 3. The number of anilines is 1. The van der Waals surface area contributed by atoms with Gasteiger partial charge in [-0.05, 0) is 25.0 Å². The summed E-state index contributed by atoms with van der Waals surface area (Å²) in [7, 11) is 0. The first kappa shape index (κ1) is 15.2. The second-order valence-corrected chi connectivity index (χ2v) is 4.67. The van der Waals surface area contributed by atoms with E-state index in [0.717, 1.165) is 11.3 Å². The second kappa shape index (κ2) is 6.51. The molecule has 2 heterocycles. The van der Waals surface area contributed by atoms with Crippen molar-refractivity contribution in [3.8, 4) is 0 Å². The fourth-order valence-electron chi connectivity index (χ4n) is 1.72. The highest BCUT2D eigenvalue weighted by molar-refractivity contribution is 5.33. The lowest BCUT2D eigenvalue weighted by molar-refractivity contribution is -0.134. The molecule has 0 saturated heterocycles. The minimum atomic E-state index is -4.15. The zero-order valence-electron chi connectivity index (χ0n) is 11.5. The van der Waals surface area contributed by atoms with Gasteiger partial charge in [0.2, 0.25) is 0 Å². The molecule has 0 bridgehead atoms. The molecule has 2 rings (SSSR count). The van der Waals surface area contributed by atoms with Crippen molar-refractivity contribution in [2.45, 2.75) is 32.5 Å². The summed E-state index contributed by atoms with van der Waals surface area (Å²) >= 11 is 0. The van der Waals surface area contributed by atoms with Gasteiger partial charge >= 0.3 is 6.18 Å². The summed E-state index contributed by atoms with van der Waals surface area (Å²) < 4.78 is 36.3. The van der Waals surface area contributed by atoms with Gasteiger partial charge in [-0.3, -0.25) is 9.97 Å². The Bertz CT molecular complexity index is 582. The predicted octanol–water partition coefficient (Wildman–Crippen LogP) is 3.29. The molecule has 2 aromatic heterocycles. The number of hydrogen-bond acceptors (Lipinski definition) is 4. The van der Waals surface area contributed by atoms with Crippen LogP contribution in [0, 0.1) is 6.92 Å². The second-order valence-electron chi connectivity index (χ2n) is 4.67. The Balaban J connectivity index is 1.87. The molecule has 21 heavy (non-hydrogen) atoms. The average Bonchev–Trinajstić information content (AvgIpc) is 2.43. The van der Waals surface area contributed by atoms with Gasteiger partial charge < -0.3 is 5.32 Å². The highest BCUT2D eigenvalue weighted by Crippen LogP contribution is 2.21. The fourth-order valence-corrected chi connectivity index (χ4v) is 1.72. The van der Waals surface area contributed by atoms with E-state index < -0.39 is 12.6 Å². The van der Waals surface area contributed by atoms with Gasteiger partial charge in [-0.2, -0.15) is 13.2 Å². The highest BCUT2D eigenvalue weighted by atomic mass is 19.4. The van der Waals surface area contributed by atoms with E-state index in [0.29, 0.717) is 18.1 Å². The molecule has 0 aliphatic carbocycles. The molecule has 1 N–H and O–H groups in total. The topological polar surface area (TPSA) is 50.7 Å². The van der Waals surface area contributed by atoms with Gasteiger partial charge in [0.1, 0.15) is 5.82 Å². The molecule has 0 fully saturated rings. The number of rotatable bonds is 5. The molecule has 0 unspecified atom stereocenters. The third kappa shape index (κ3) is 5.37. The fraction of sp³-hybridized carbons (Fsp3) is 0.357. The van der Waals surface area contributed by atoms with E-state index in [4.69, 9.17) is 0 Å². The van der Waals surface area contributed by atoms with E-state index in [1.807, 2.05) is 6.92 Å². The zero-order chi connectivity index (χ0) is 15.3. The smallest absolute Gasteiger partial charge is 0.365 e. The van der Waals surface area contributed by atoms with Crippen LogP contribution in [-0.2, 0) is 13.0 Å². The summed E-state index contributed by atoms with van der Waals surface area (Å²) in [6, 6.07) is 3.37. The molecule has 112 valence electrons. The van der Waals surface area contributed by atoms with Crippen molar-refractivity contribution in [2.24, 2.45) is 0 Å². The van der Waals surface area contributed by atoms with Gasteiger partial charge in [-0.1, -0.05) is 6.07 Å². The van der Waals surface area contributed by atoms with Crippen LogP contribution in [-0.4, -0.2) is 21.1 Å². The average molecular weight is 296 g/mol. The SMILES string of the molecule is Cc1cncc(NCc2ccc(CCC(F)(F)F)nc2)n1. The van der Waals surface area contributed by atoms with Crippen LogP contribution in [0.15, 0.2) is 30.7 Å². The largest absolute Gasteiger partial charge is 0.389 e. The summed E-state index contributed by atoms with van der Waals surface area (Å²) in [4.78, 5) is 12.3. The zero-order valence-corrected chi connectivity index (χ0v) is 11.5. The Hall–Kier alpha value is -2.18. The van der Waals surface area contributed by atoms with Gasteiger partial charge in [0.05, 0.1) is 11.9 Å². The molecule has 0 saturated carbocycles. The summed E-state index contributed by atoms with van der Waals surface area (Å²) in [5.74, 6) is 0.649. The maximum absolute atomic E-state index is 12.1. The molecule has 7 heteroatoms. The Morgan fingerprint density at radius 3 is 2.57 bits per heavy atom. The van der Waals surface area contributed by atoms with Gasteiger partial charge in [0, 0.05) is 31.1 Å². The van der Waals surface area contributed by atoms with Crippen LogP contribution in [0.25, 0.3) is 0 Å².